The number of esters is 1. The lowest BCUT2D eigenvalue weighted by atomic mass is 9.71. The zero-order chi connectivity index (χ0) is 26.6. The molecule has 0 amide bonds. The molecule has 2 aromatic rings. The number of carboxylic acid groups (broad SMARTS) is 1. The number of carbonyl (C=O) groups is 3. The van der Waals surface area contributed by atoms with Crippen molar-refractivity contribution in [1.29, 1.82) is 0 Å². The number of benzene rings is 2. The molecule has 37 heavy (non-hydrogen) atoms. The molecule has 6 nitrogen and oxygen atoms in total. The summed E-state index contributed by atoms with van der Waals surface area (Å²) in [6, 6.07) is 11.2. The van der Waals surface area contributed by atoms with Crippen molar-refractivity contribution in [2.75, 3.05) is 0 Å². The zero-order valence-electron chi connectivity index (χ0n) is 20.7. The average molecular weight is 545 g/mol. The van der Waals surface area contributed by atoms with Crippen molar-refractivity contribution in [3.63, 3.8) is 0 Å². The van der Waals surface area contributed by atoms with Gasteiger partial charge < -0.3 is 14.6 Å². The van der Waals surface area contributed by atoms with Gasteiger partial charge in [0.2, 0.25) is 0 Å². The summed E-state index contributed by atoms with van der Waals surface area (Å²) in [5.41, 5.74) is 3.36. The van der Waals surface area contributed by atoms with Crippen molar-refractivity contribution >= 4 is 46.5 Å². The molecule has 0 saturated heterocycles. The average Bonchev–Trinajstić information content (AvgIpc) is 3.21. The van der Waals surface area contributed by atoms with E-state index in [0.29, 0.717) is 25.7 Å². The summed E-state index contributed by atoms with van der Waals surface area (Å²) in [6.07, 6.45) is 4.68. The molecule has 0 saturated carbocycles. The maximum atomic E-state index is 12.2. The van der Waals surface area contributed by atoms with Gasteiger partial charge in [0.1, 0.15) is 17.4 Å². The van der Waals surface area contributed by atoms with E-state index in [-0.39, 0.29) is 52.4 Å². The van der Waals surface area contributed by atoms with Gasteiger partial charge in [-0.2, -0.15) is 0 Å². The third-order valence-electron chi connectivity index (χ3n) is 7.34. The third kappa shape index (κ3) is 6.02. The highest BCUT2D eigenvalue weighted by atomic mass is 35.5. The number of hydrogen-bond donors (Lipinski definition) is 1. The van der Waals surface area contributed by atoms with E-state index in [1.54, 1.807) is 12.1 Å². The largest absolute Gasteiger partial charge is 0.479 e. The molecule has 8 heteroatoms. The molecule has 0 bridgehead atoms. The fourth-order valence-electron chi connectivity index (χ4n) is 5.23. The SMILES string of the molecule is CCC12CCC(=O)C=C1c1c(cc(OC(CCCCC(=O)OCc3ccccc3)C(=O)O)c(Cl)c1Cl)C2. The summed E-state index contributed by atoms with van der Waals surface area (Å²) in [7, 11) is 0. The predicted molar refractivity (Wildman–Crippen MR) is 142 cm³/mol. The van der Waals surface area contributed by atoms with Gasteiger partial charge in [0.25, 0.3) is 0 Å². The lowest BCUT2D eigenvalue weighted by Crippen LogP contribution is -2.27. The molecule has 2 unspecified atom stereocenters. The number of halogens is 2. The van der Waals surface area contributed by atoms with Crippen molar-refractivity contribution in [2.45, 2.75) is 71.0 Å². The van der Waals surface area contributed by atoms with Crippen LogP contribution < -0.4 is 4.74 Å². The third-order valence-corrected chi connectivity index (χ3v) is 8.19. The summed E-state index contributed by atoms with van der Waals surface area (Å²) < 4.78 is 11.1. The van der Waals surface area contributed by atoms with Crippen LogP contribution in [0.2, 0.25) is 10.0 Å². The van der Waals surface area contributed by atoms with Crippen molar-refractivity contribution in [1.82, 2.24) is 0 Å². The Morgan fingerprint density at radius 3 is 2.59 bits per heavy atom. The molecule has 0 aliphatic heterocycles. The second-order valence-electron chi connectivity index (χ2n) is 9.71. The Labute approximate surface area is 226 Å². The predicted octanol–water partition coefficient (Wildman–Crippen LogP) is 6.83. The molecule has 0 fully saturated rings. The van der Waals surface area contributed by atoms with Crippen LogP contribution in [0, 0.1) is 5.41 Å². The van der Waals surface area contributed by atoms with Crippen molar-refractivity contribution in [3.8, 4) is 5.75 Å². The van der Waals surface area contributed by atoms with Crippen LogP contribution in [-0.2, 0) is 32.1 Å². The first-order valence-corrected chi connectivity index (χ1v) is 13.3. The maximum absolute atomic E-state index is 12.2. The van der Waals surface area contributed by atoms with Crippen molar-refractivity contribution < 1.29 is 29.0 Å². The van der Waals surface area contributed by atoms with Crippen LogP contribution in [-0.4, -0.2) is 28.9 Å². The van der Waals surface area contributed by atoms with Crippen LogP contribution in [0.25, 0.3) is 5.57 Å². The topological polar surface area (TPSA) is 89.9 Å². The zero-order valence-corrected chi connectivity index (χ0v) is 22.2. The minimum absolute atomic E-state index is 0.0781. The Bertz CT molecular complexity index is 1220. The van der Waals surface area contributed by atoms with Crippen LogP contribution in [0.15, 0.2) is 42.5 Å². The number of ether oxygens (including phenoxy) is 2. The molecular weight excluding hydrogens is 515 g/mol. The van der Waals surface area contributed by atoms with E-state index >= 15 is 0 Å². The van der Waals surface area contributed by atoms with Gasteiger partial charge >= 0.3 is 11.9 Å². The number of ketones is 1. The molecule has 0 heterocycles. The minimum atomic E-state index is -1.14. The van der Waals surface area contributed by atoms with E-state index in [1.165, 1.54) is 0 Å². The number of carbonyl (C=O) groups excluding carboxylic acids is 2. The van der Waals surface area contributed by atoms with Gasteiger partial charge in [0.15, 0.2) is 11.9 Å². The monoisotopic (exact) mass is 544 g/mol. The van der Waals surface area contributed by atoms with Gasteiger partial charge in [0, 0.05) is 23.8 Å². The molecule has 0 spiro atoms. The maximum Gasteiger partial charge on any atom is 0.344 e. The molecule has 0 radical (unpaired) electrons. The summed E-state index contributed by atoms with van der Waals surface area (Å²) in [6.45, 7) is 2.31. The van der Waals surface area contributed by atoms with Gasteiger partial charge in [-0.1, -0.05) is 60.5 Å². The van der Waals surface area contributed by atoms with Gasteiger partial charge in [-0.25, -0.2) is 4.79 Å². The molecule has 196 valence electrons. The van der Waals surface area contributed by atoms with E-state index in [2.05, 4.69) is 6.92 Å². The van der Waals surface area contributed by atoms with E-state index in [0.717, 1.165) is 35.1 Å². The number of fused-ring (bicyclic) bond motifs is 3. The first-order chi connectivity index (χ1) is 17.7. The second-order valence-corrected chi connectivity index (χ2v) is 10.5. The second kappa shape index (κ2) is 11.7. The van der Waals surface area contributed by atoms with Gasteiger partial charge in [-0.3, -0.25) is 9.59 Å². The highest BCUT2D eigenvalue weighted by Crippen LogP contribution is 2.57. The summed E-state index contributed by atoms with van der Waals surface area (Å²) in [5, 5.41) is 10.2. The fraction of sp³-hybridized carbons (Fsp3) is 0.414. The van der Waals surface area contributed by atoms with E-state index in [4.69, 9.17) is 32.7 Å². The van der Waals surface area contributed by atoms with E-state index in [9.17, 15) is 19.5 Å². The van der Waals surface area contributed by atoms with Gasteiger partial charge in [0.05, 0.1) is 5.02 Å². The summed E-state index contributed by atoms with van der Waals surface area (Å²) >= 11 is 13.2. The quantitative estimate of drug-likeness (QED) is 0.246. The van der Waals surface area contributed by atoms with Gasteiger partial charge in [-0.15, -0.1) is 0 Å². The normalized spacial score (nSPS) is 19.0. The molecule has 2 aromatic carbocycles. The number of carboxylic acids is 1. The summed E-state index contributed by atoms with van der Waals surface area (Å²) in [4.78, 5) is 36.1. The Balaban J connectivity index is 1.38. The Morgan fingerprint density at radius 2 is 1.89 bits per heavy atom. The van der Waals surface area contributed by atoms with Crippen LogP contribution in [0.3, 0.4) is 0 Å². The highest BCUT2D eigenvalue weighted by Gasteiger charge is 2.45. The molecule has 4 rings (SSSR count). The first-order valence-electron chi connectivity index (χ1n) is 12.6. The number of rotatable bonds is 11. The van der Waals surface area contributed by atoms with Gasteiger partial charge in [-0.05, 0) is 67.4 Å². The molecule has 0 aromatic heterocycles. The molecule has 2 aliphatic carbocycles. The summed E-state index contributed by atoms with van der Waals surface area (Å²) in [5.74, 6) is -1.15. The van der Waals surface area contributed by atoms with E-state index in [1.807, 2.05) is 30.3 Å². The van der Waals surface area contributed by atoms with E-state index < -0.39 is 12.1 Å². The van der Waals surface area contributed by atoms with Crippen LogP contribution in [0.1, 0.15) is 68.6 Å². The Hall–Kier alpha value is -2.83. The lowest BCUT2D eigenvalue weighted by Gasteiger charge is -2.32. The van der Waals surface area contributed by atoms with Crippen molar-refractivity contribution in [3.05, 3.63) is 69.2 Å². The molecule has 2 atom stereocenters. The van der Waals surface area contributed by atoms with Crippen LogP contribution >= 0.6 is 23.2 Å². The molecular formula is C29H30Cl2O6. The Morgan fingerprint density at radius 1 is 1.14 bits per heavy atom. The van der Waals surface area contributed by atoms with Crippen LogP contribution in [0.5, 0.6) is 5.75 Å². The Kier molecular flexibility index (Phi) is 8.60. The van der Waals surface area contributed by atoms with Crippen LogP contribution in [0.4, 0.5) is 0 Å². The van der Waals surface area contributed by atoms with Crippen molar-refractivity contribution in [2.24, 2.45) is 5.41 Å². The lowest BCUT2D eigenvalue weighted by molar-refractivity contribution is -0.145. The number of unbranched alkanes of at least 4 members (excludes halogenated alkanes) is 1. The number of aliphatic carboxylic acids is 1. The number of hydrogen-bond acceptors (Lipinski definition) is 5. The number of allylic oxidation sites excluding steroid dienone is 2. The molecule has 1 N–H and O–H groups in total. The fourth-order valence-corrected chi connectivity index (χ4v) is 5.74. The smallest absolute Gasteiger partial charge is 0.344 e. The molecule has 2 aliphatic rings. The minimum Gasteiger partial charge on any atom is -0.479 e. The first kappa shape index (κ1) is 27.2. The standard InChI is InChI=1S/C29H30Cl2O6/c1-2-29-13-12-20(32)15-21(29)25-19(16-29)14-23(26(30)27(25)31)37-22(28(34)35)10-6-7-11-24(33)36-17-18-8-4-3-5-9-18/h3-5,8-9,14-15,22H,2,6-7,10-13,16-17H2,1H3,(H,34,35). The highest BCUT2D eigenvalue weighted by molar-refractivity contribution is 6.44.